The van der Waals surface area contributed by atoms with E-state index in [9.17, 15) is 19.8 Å². The number of hydrogen-bond donors (Lipinski definition) is 3. The standard InChI is InChI=1S/C21H40O6/c1-3-4-5-6-8-11-14-18(23)19(27-21(26)17(2)22)15-12-9-7-10-13-16-20(24)25/h17-19,22-23H,3-16H2,1-2H3,(H,24,25). The van der Waals surface area contributed by atoms with Gasteiger partial charge in [0.15, 0.2) is 0 Å². The zero-order valence-electron chi connectivity index (χ0n) is 17.2. The van der Waals surface area contributed by atoms with E-state index in [1.165, 1.54) is 26.2 Å². The summed E-state index contributed by atoms with van der Waals surface area (Å²) in [5, 5.41) is 28.4. The molecule has 0 rings (SSSR count). The van der Waals surface area contributed by atoms with Crippen molar-refractivity contribution in [3.63, 3.8) is 0 Å². The molecule has 0 aliphatic carbocycles. The molecule has 3 atom stereocenters. The fourth-order valence-electron chi connectivity index (χ4n) is 3.05. The minimum absolute atomic E-state index is 0.200. The molecule has 160 valence electrons. The van der Waals surface area contributed by atoms with Crippen molar-refractivity contribution in [2.24, 2.45) is 0 Å². The minimum atomic E-state index is -1.19. The highest BCUT2D eigenvalue weighted by atomic mass is 16.6. The van der Waals surface area contributed by atoms with Gasteiger partial charge in [0.2, 0.25) is 0 Å². The van der Waals surface area contributed by atoms with Crippen molar-refractivity contribution >= 4 is 11.9 Å². The maximum absolute atomic E-state index is 11.7. The van der Waals surface area contributed by atoms with Crippen LogP contribution >= 0.6 is 0 Å². The minimum Gasteiger partial charge on any atom is -0.481 e. The average Bonchev–Trinajstić information content (AvgIpc) is 2.62. The lowest BCUT2D eigenvalue weighted by atomic mass is 9.99. The summed E-state index contributed by atoms with van der Waals surface area (Å²) in [7, 11) is 0. The molecule has 0 saturated heterocycles. The van der Waals surface area contributed by atoms with Gasteiger partial charge in [-0.15, -0.1) is 0 Å². The van der Waals surface area contributed by atoms with Gasteiger partial charge in [-0.25, -0.2) is 4.79 Å². The molecule has 0 heterocycles. The first-order valence-electron chi connectivity index (χ1n) is 10.7. The summed E-state index contributed by atoms with van der Waals surface area (Å²) < 4.78 is 5.31. The molecule has 3 unspecified atom stereocenters. The van der Waals surface area contributed by atoms with E-state index in [2.05, 4.69) is 6.92 Å². The fraction of sp³-hybridized carbons (Fsp3) is 0.905. The van der Waals surface area contributed by atoms with Crippen LogP contribution in [0.3, 0.4) is 0 Å². The summed E-state index contributed by atoms with van der Waals surface area (Å²) in [6.45, 7) is 3.54. The number of carbonyl (C=O) groups excluding carboxylic acids is 1. The van der Waals surface area contributed by atoms with Crippen LogP contribution in [0.1, 0.15) is 104 Å². The highest BCUT2D eigenvalue weighted by molar-refractivity contribution is 5.74. The SMILES string of the molecule is CCCCCCCCC(O)C(CCCCCCCC(=O)O)OC(=O)C(C)O. The number of aliphatic hydroxyl groups excluding tert-OH is 2. The summed E-state index contributed by atoms with van der Waals surface area (Å²) in [5.41, 5.74) is 0. The largest absolute Gasteiger partial charge is 0.481 e. The quantitative estimate of drug-likeness (QED) is 0.240. The third-order valence-corrected chi connectivity index (χ3v) is 4.77. The predicted octanol–water partition coefficient (Wildman–Crippen LogP) is 4.21. The molecular formula is C21H40O6. The van der Waals surface area contributed by atoms with Crippen LogP contribution in [-0.2, 0) is 14.3 Å². The molecule has 0 aromatic carbocycles. The second kappa shape index (κ2) is 17.0. The van der Waals surface area contributed by atoms with E-state index in [1.54, 1.807) is 0 Å². The first-order valence-corrected chi connectivity index (χ1v) is 10.7. The number of hydrogen-bond acceptors (Lipinski definition) is 5. The molecular weight excluding hydrogens is 348 g/mol. The van der Waals surface area contributed by atoms with E-state index < -0.39 is 30.3 Å². The summed E-state index contributed by atoms with van der Waals surface area (Å²) in [6.07, 6.45) is 9.87. The van der Waals surface area contributed by atoms with Crippen molar-refractivity contribution in [1.29, 1.82) is 0 Å². The van der Waals surface area contributed by atoms with Crippen molar-refractivity contribution in [2.75, 3.05) is 0 Å². The second-order valence-electron chi connectivity index (χ2n) is 7.48. The molecule has 0 saturated carbocycles. The Bertz CT molecular complexity index is 383. The van der Waals surface area contributed by atoms with Gasteiger partial charge in [0.25, 0.3) is 0 Å². The zero-order chi connectivity index (χ0) is 20.5. The van der Waals surface area contributed by atoms with E-state index >= 15 is 0 Å². The van der Waals surface area contributed by atoms with Gasteiger partial charge in [0, 0.05) is 6.42 Å². The Hall–Kier alpha value is -1.14. The van der Waals surface area contributed by atoms with Crippen LogP contribution < -0.4 is 0 Å². The maximum atomic E-state index is 11.7. The first kappa shape index (κ1) is 25.9. The van der Waals surface area contributed by atoms with Crippen LogP contribution in [0.15, 0.2) is 0 Å². The van der Waals surface area contributed by atoms with Crippen molar-refractivity contribution in [2.45, 2.75) is 122 Å². The van der Waals surface area contributed by atoms with E-state index in [1.807, 2.05) is 0 Å². The van der Waals surface area contributed by atoms with Crippen molar-refractivity contribution in [3.8, 4) is 0 Å². The topological polar surface area (TPSA) is 104 Å². The molecule has 0 spiro atoms. The highest BCUT2D eigenvalue weighted by Crippen LogP contribution is 2.18. The summed E-state index contributed by atoms with van der Waals surface area (Å²) in [5.74, 6) is -1.46. The highest BCUT2D eigenvalue weighted by Gasteiger charge is 2.24. The Labute approximate surface area is 164 Å². The maximum Gasteiger partial charge on any atom is 0.335 e. The van der Waals surface area contributed by atoms with Crippen molar-refractivity contribution in [1.82, 2.24) is 0 Å². The summed E-state index contributed by atoms with van der Waals surface area (Å²) in [6, 6.07) is 0. The molecule has 0 radical (unpaired) electrons. The van der Waals surface area contributed by atoms with E-state index in [-0.39, 0.29) is 6.42 Å². The van der Waals surface area contributed by atoms with Gasteiger partial charge in [-0.05, 0) is 32.6 Å². The number of rotatable bonds is 18. The molecule has 6 nitrogen and oxygen atoms in total. The smallest absolute Gasteiger partial charge is 0.335 e. The summed E-state index contributed by atoms with van der Waals surface area (Å²) >= 11 is 0. The van der Waals surface area contributed by atoms with Crippen LogP contribution in [0.4, 0.5) is 0 Å². The Morgan fingerprint density at radius 3 is 1.89 bits per heavy atom. The molecule has 0 aromatic heterocycles. The first-order chi connectivity index (χ1) is 12.9. The van der Waals surface area contributed by atoms with E-state index in [0.717, 1.165) is 44.9 Å². The third kappa shape index (κ3) is 15.6. The molecule has 6 heteroatoms. The van der Waals surface area contributed by atoms with Gasteiger partial charge in [0.1, 0.15) is 12.2 Å². The van der Waals surface area contributed by atoms with Crippen LogP contribution in [-0.4, -0.2) is 45.6 Å². The van der Waals surface area contributed by atoms with E-state index in [4.69, 9.17) is 9.84 Å². The number of carboxylic acids is 1. The number of carbonyl (C=O) groups is 2. The Morgan fingerprint density at radius 1 is 0.815 bits per heavy atom. The molecule has 27 heavy (non-hydrogen) atoms. The number of ether oxygens (including phenoxy) is 1. The van der Waals surface area contributed by atoms with Gasteiger partial charge in [0.05, 0.1) is 6.10 Å². The lowest BCUT2D eigenvalue weighted by Crippen LogP contribution is -2.34. The molecule has 0 fully saturated rings. The lowest BCUT2D eigenvalue weighted by Gasteiger charge is -2.24. The van der Waals surface area contributed by atoms with E-state index in [0.29, 0.717) is 19.3 Å². The number of aliphatic carboxylic acids is 1. The Morgan fingerprint density at radius 2 is 1.33 bits per heavy atom. The van der Waals surface area contributed by atoms with Gasteiger partial charge in [-0.2, -0.15) is 0 Å². The fourth-order valence-corrected chi connectivity index (χ4v) is 3.05. The molecule has 0 aliphatic heterocycles. The lowest BCUT2D eigenvalue weighted by molar-refractivity contribution is -0.164. The number of unbranched alkanes of at least 4 members (excludes halogenated alkanes) is 9. The molecule has 0 aliphatic rings. The van der Waals surface area contributed by atoms with Crippen LogP contribution in [0.2, 0.25) is 0 Å². The molecule has 0 amide bonds. The number of aliphatic hydroxyl groups is 2. The van der Waals surface area contributed by atoms with Crippen LogP contribution in [0.25, 0.3) is 0 Å². The average molecular weight is 389 g/mol. The van der Waals surface area contributed by atoms with Gasteiger partial charge < -0.3 is 20.1 Å². The third-order valence-electron chi connectivity index (χ3n) is 4.77. The van der Waals surface area contributed by atoms with Crippen LogP contribution in [0.5, 0.6) is 0 Å². The number of esters is 1. The van der Waals surface area contributed by atoms with Crippen molar-refractivity contribution < 1.29 is 29.6 Å². The van der Waals surface area contributed by atoms with Gasteiger partial charge in [-0.1, -0.05) is 64.7 Å². The normalized spacial score (nSPS) is 14.5. The summed E-state index contributed by atoms with van der Waals surface area (Å²) in [4.78, 5) is 22.2. The Balaban J connectivity index is 4.15. The van der Waals surface area contributed by atoms with Gasteiger partial charge in [-0.3, -0.25) is 4.79 Å². The zero-order valence-corrected chi connectivity index (χ0v) is 17.2. The number of carboxylic acid groups (broad SMARTS) is 1. The molecule has 0 bridgehead atoms. The van der Waals surface area contributed by atoms with Gasteiger partial charge >= 0.3 is 11.9 Å². The second-order valence-corrected chi connectivity index (χ2v) is 7.48. The van der Waals surface area contributed by atoms with Crippen molar-refractivity contribution in [3.05, 3.63) is 0 Å². The van der Waals surface area contributed by atoms with Crippen LogP contribution in [0, 0.1) is 0 Å². The molecule has 3 N–H and O–H groups in total. The predicted molar refractivity (Wildman–Crippen MR) is 106 cm³/mol. The monoisotopic (exact) mass is 388 g/mol. The Kier molecular flexibility index (Phi) is 16.3. The molecule has 0 aromatic rings.